The van der Waals surface area contributed by atoms with E-state index in [1.54, 1.807) is 12.1 Å². The molecule has 16 heavy (non-hydrogen) atoms. The van der Waals surface area contributed by atoms with E-state index in [0.29, 0.717) is 0 Å². The Morgan fingerprint density at radius 2 is 1.94 bits per heavy atom. The average molecular weight is 210 g/mol. The fraction of sp³-hybridized carbons (Fsp3) is 0.0714. The van der Waals surface area contributed by atoms with Crippen LogP contribution in [0, 0.1) is 11.8 Å². The van der Waals surface area contributed by atoms with E-state index in [0.717, 1.165) is 22.6 Å². The Morgan fingerprint density at radius 1 is 1.12 bits per heavy atom. The summed E-state index contributed by atoms with van der Waals surface area (Å²) >= 11 is 0. The second-order valence-corrected chi connectivity index (χ2v) is 3.42. The highest BCUT2D eigenvalue weighted by Gasteiger charge is 1.95. The number of carbonyl (C=O) groups excluding carboxylic acids is 1. The second kappa shape index (κ2) is 4.50. The fourth-order valence-electron chi connectivity index (χ4n) is 1.51. The Bertz CT molecular complexity index is 588. The lowest BCUT2D eigenvalue weighted by Gasteiger charge is -1.99. The highest BCUT2D eigenvalue weighted by Crippen LogP contribution is 2.20. The van der Waals surface area contributed by atoms with Crippen LogP contribution in [0.1, 0.15) is 12.0 Å². The van der Waals surface area contributed by atoms with Crippen molar-refractivity contribution in [3.8, 4) is 17.6 Å². The molecule has 0 aliphatic heterocycles. The van der Waals surface area contributed by atoms with Crippen LogP contribution in [-0.2, 0) is 4.79 Å². The van der Waals surface area contributed by atoms with Crippen molar-refractivity contribution in [3.63, 3.8) is 0 Å². The van der Waals surface area contributed by atoms with E-state index in [4.69, 9.17) is 0 Å². The van der Waals surface area contributed by atoms with Crippen LogP contribution in [0.2, 0.25) is 0 Å². The maximum atomic E-state index is 10.1. The largest absolute Gasteiger partial charge is 0.508 e. The second-order valence-electron chi connectivity index (χ2n) is 3.42. The molecular weight excluding hydrogens is 200 g/mol. The summed E-state index contributed by atoms with van der Waals surface area (Å²) in [4.78, 5) is 10.1. The van der Waals surface area contributed by atoms with E-state index >= 15 is 0 Å². The molecule has 2 heteroatoms. The standard InChI is InChI=1S/C14H10O2/c15-8-2-1-3-11-4-5-12-6-7-14(16)10-13(12)9-11/h4-10,16H,2H2. The van der Waals surface area contributed by atoms with Crippen molar-refractivity contribution < 1.29 is 9.90 Å². The van der Waals surface area contributed by atoms with Gasteiger partial charge in [0.05, 0.1) is 6.42 Å². The molecule has 0 heterocycles. The van der Waals surface area contributed by atoms with E-state index in [1.807, 2.05) is 24.3 Å². The molecule has 2 aromatic rings. The molecule has 0 amide bonds. The van der Waals surface area contributed by atoms with E-state index in [1.165, 1.54) is 0 Å². The van der Waals surface area contributed by atoms with E-state index < -0.39 is 0 Å². The van der Waals surface area contributed by atoms with Gasteiger partial charge in [0.1, 0.15) is 12.0 Å². The van der Waals surface area contributed by atoms with Gasteiger partial charge < -0.3 is 9.90 Å². The first-order valence-corrected chi connectivity index (χ1v) is 4.95. The Kier molecular flexibility index (Phi) is 2.88. The molecule has 0 bridgehead atoms. The SMILES string of the molecule is O=CCC#Cc1ccc2ccc(O)cc2c1. The van der Waals surface area contributed by atoms with Gasteiger partial charge in [-0.1, -0.05) is 24.0 Å². The Hall–Kier alpha value is -2.27. The number of hydrogen-bond donors (Lipinski definition) is 1. The number of fused-ring (bicyclic) bond motifs is 1. The predicted molar refractivity (Wildman–Crippen MR) is 63.2 cm³/mol. The maximum absolute atomic E-state index is 10.1. The number of benzene rings is 2. The van der Waals surface area contributed by atoms with Gasteiger partial charge in [-0.15, -0.1) is 0 Å². The van der Waals surface area contributed by atoms with Crippen molar-refractivity contribution in [2.75, 3.05) is 0 Å². The topological polar surface area (TPSA) is 37.3 Å². The number of aldehydes is 1. The summed E-state index contributed by atoms with van der Waals surface area (Å²) in [6.45, 7) is 0. The molecule has 0 aromatic heterocycles. The Balaban J connectivity index is 2.43. The van der Waals surface area contributed by atoms with Gasteiger partial charge in [-0.05, 0) is 35.0 Å². The van der Waals surface area contributed by atoms with Gasteiger partial charge in [-0.3, -0.25) is 0 Å². The third-order valence-corrected chi connectivity index (χ3v) is 2.24. The summed E-state index contributed by atoms with van der Waals surface area (Å²) < 4.78 is 0. The molecule has 0 aliphatic rings. The molecule has 0 unspecified atom stereocenters. The molecule has 0 aliphatic carbocycles. The number of phenols is 1. The van der Waals surface area contributed by atoms with Gasteiger partial charge in [0.15, 0.2) is 0 Å². The van der Waals surface area contributed by atoms with Gasteiger partial charge in [0.25, 0.3) is 0 Å². The zero-order valence-electron chi connectivity index (χ0n) is 8.60. The summed E-state index contributed by atoms with van der Waals surface area (Å²) in [5.41, 5.74) is 0.847. The van der Waals surface area contributed by atoms with E-state index in [2.05, 4.69) is 11.8 Å². The Morgan fingerprint density at radius 3 is 2.75 bits per heavy atom. The molecule has 0 saturated heterocycles. The van der Waals surface area contributed by atoms with Gasteiger partial charge in [0, 0.05) is 5.56 Å². The molecule has 0 saturated carbocycles. The molecule has 0 spiro atoms. The van der Waals surface area contributed by atoms with Crippen molar-refractivity contribution in [2.24, 2.45) is 0 Å². The maximum Gasteiger partial charge on any atom is 0.131 e. The molecule has 0 atom stereocenters. The minimum Gasteiger partial charge on any atom is -0.508 e. The smallest absolute Gasteiger partial charge is 0.131 e. The minimum absolute atomic E-state index is 0.241. The van der Waals surface area contributed by atoms with Crippen molar-refractivity contribution in [3.05, 3.63) is 42.0 Å². The summed E-state index contributed by atoms with van der Waals surface area (Å²) in [7, 11) is 0. The number of rotatable bonds is 1. The van der Waals surface area contributed by atoms with Crippen LogP contribution in [-0.4, -0.2) is 11.4 Å². The number of aromatic hydroxyl groups is 1. The lowest BCUT2D eigenvalue weighted by molar-refractivity contribution is -0.107. The number of hydrogen-bond acceptors (Lipinski definition) is 2. The summed E-state index contributed by atoms with van der Waals surface area (Å²) in [6, 6.07) is 10.9. The number of phenolic OH excluding ortho intramolecular Hbond substituents is 1. The highest BCUT2D eigenvalue weighted by molar-refractivity contribution is 5.85. The Labute approximate surface area is 93.5 Å². The van der Waals surface area contributed by atoms with Gasteiger partial charge in [-0.2, -0.15) is 0 Å². The van der Waals surface area contributed by atoms with Crippen molar-refractivity contribution in [2.45, 2.75) is 6.42 Å². The van der Waals surface area contributed by atoms with Crippen LogP contribution in [0.15, 0.2) is 36.4 Å². The molecular formula is C14H10O2. The first kappa shape index (κ1) is 10.3. The minimum atomic E-state index is 0.241. The summed E-state index contributed by atoms with van der Waals surface area (Å²) in [5, 5.41) is 11.3. The first-order valence-electron chi connectivity index (χ1n) is 4.95. The van der Waals surface area contributed by atoms with Crippen molar-refractivity contribution in [1.29, 1.82) is 0 Å². The zero-order valence-corrected chi connectivity index (χ0v) is 8.60. The molecule has 1 N–H and O–H groups in total. The first-order chi connectivity index (χ1) is 7.79. The third-order valence-electron chi connectivity index (χ3n) is 2.24. The number of carbonyl (C=O) groups is 1. The van der Waals surface area contributed by atoms with Crippen LogP contribution in [0.4, 0.5) is 0 Å². The molecule has 0 fully saturated rings. The van der Waals surface area contributed by atoms with Crippen molar-refractivity contribution >= 4 is 17.1 Å². The molecule has 2 nitrogen and oxygen atoms in total. The molecule has 2 aromatic carbocycles. The zero-order chi connectivity index (χ0) is 11.4. The highest BCUT2D eigenvalue weighted by atomic mass is 16.3. The fourth-order valence-corrected chi connectivity index (χ4v) is 1.51. The normalized spacial score (nSPS) is 9.50. The third kappa shape index (κ3) is 2.21. The van der Waals surface area contributed by atoms with Crippen LogP contribution in [0.25, 0.3) is 10.8 Å². The average Bonchev–Trinajstić information content (AvgIpc) is 2.29. The molecule has 0 radical (unpaired) electrons. The van der Waals surface area contributed by atoms with Gasteiger partial charge in [-0.25, -0.2) is 0 Å². The van der Waals surface area contributed by atoms with Crippen molar-refractivity contribution in [1.82, 2.24) is 0 Å². The summed E-state index contributed by atoms with van der Waals surface area (Å²) in [6.07, 6.45) is 1.03. The lowest BCUT2D eigenvalue weighted by atomic mass is 10.1. The van der Waals surface area contributed by atoms with Crippen LogP contribution in [0.3, 0.4) is 0 Å². The van der Waals surface area contributed by atoms with E-state index in [9.17, 15) is 9.90 Å². The predicted octanol–water partition coefficient (Wildman–Crippen LogP) is 2.49. The monoisotopic (exact) mass is 210 g/mol. The van der Waals surface area contributed by atoms with Crippen LogP contribution in [0.5, 0.6) is 5.75 Å². The van der Waals surface area contributed by atoms with Gasteiger partial charge >= 0.3 is 0 Å². The van der Waals surface area contributed by atoms with Crippen LogP contribution >= 0.6 is 0 Å². The van der Waals surface area contributed by atoms with E-state index in [-0.39, 0.29) is 12.2 Å². The van der Waals surface area contributed by atoms with Crippen LogP contribution < -0.4 is 0 Å². The van der Waals surface area contributed by atoms with Gasteiger partial charge in [0.2, 0.25) is 0 Å². The quantitative estimate of drug-likeness (QED) is 0.580. The molecule has 2 rings (SSSR count). The molecule has 78 valence electrons. The lowest BCUT2D eigenvalue weighted by Crippen LogP contribution is -1.77. The summed E-state index contributed by atoms with van der Waals surface area (Å²) in [5.74, 6) is 5.89.